The minimum Gasteiger partial charge on any atom is -0.463 e. The van der Waals surface area contributed by atoms with E-state index in [0.29, 0.717) is 5.88 Å². The Morgan fingerprint density at radius 3 is 1.49 bits per heavy atom. The van der Waals surface area contributed by atoms with E-state index in [1.807, 2.05) is 6.26 Å². The van der Waals surface area contributed by atoms with E-state index in [2.05, 4.69) is 132 Å². The Kier molecular flexibility index (Phi) is 6.57. The SMILES string of the molecule is CC(C)(C)c1cc(C(C)(C)C)c2occ(-c3ccc(-c4c(N)oc5c(C(C)(C)C)cc(C(C)(C)C)cc45)cc3)c2c1. The van der Waals surface area contributed by atoms with Crippen LogP contribution >= 0.6 is 0 Å². The number of anilines is 1. The smallest absolute Gasteiger partial charge is 0.199 e. The van der Waals surface area contributed by atoms with Gasteiger partial charge in [0, 0.05) is 27.5 Å². The number of hydrogen-bond donors (Lipinski definition) is 1. The van der Waals surface area contributed by atoms with Crippen LogP contribution in [0.2, 0.25) is 0 Å². The molecule has 0 aliphatic carbocycles. The molecule has 216 valence electrons. The van der Waals surface area contributed by atoms with Gasteiger partial charge >= 0.3 is 0 Å². The van der Waals surface area contributed by atoms with Crippen molar-refractivity contribution in [3.05, 3.63) is 77.0 Å². The fraction of sp³-hybridized carbons (Fsp3) is 0.421. The van der Waals surface area contributed by atoms with Gasteiger partial charge in [0.25, 0.3) is 0 Å². The first kappa shape index (κ1) is 29.0. The van der Waals surface area contributed by atoms with E-state index >= 15 is 0 Å². The molecule has 3 nitrogen and oxygen atoms in total. The topological polar surface area (TPSA) is 52.3 Å². The summed E-state index contributed by atoms with van der Waals surface area (Å²) in [7, 11) is 0. The van der Waals surface area contributed by atoms with Gasteiger partial charge in [0.05, 0.1) is 11.8 Å². The van der Waals surface area contributed by atoms with E-state index in [1.54, 1.807) is 0 Å². The number of rotatable bonds is 2. The molecule has 5 aromatic rings. The molecule has 0 amide bonds. The standard InChI is InChI=1S/C38H47NO2/c1-35(2,3)24-17-26-28(21-40-32(26)29(19-24)37(7,8)9)22-13-15-23(16-14-22)31-27-18-25(36(4,5)6)20-30(38(10,11)12)33(27)41-34(31)39/h13-21H,39H2,1-12H3. The van der Waals surface area contributed by atoms with E-state index in [4.69, 9.17) is 14.6 Å². The normalized spacial score (nSPS) is 13.5. The van der Waals surface area contributed by atoms with Gasteiger partial charge in [-0.1, -0.05) is 119 Å². The highest BCUT2D eigenvalue weighted by Crippen LogP contribution is 2.45. The summed E-state index contributed by atoms with van der Waals surface area (Å²) in [5.41, 5.74) is 17.6. The molecule has 0 spiro atoms. The maximum Gasteiger partial charge on any atom is 0.199 e. The van der Waals surface area contributed by atoms with Crippen molar-refractivity contribution >= 4 is 27.8 Å². The van der Waals surface area contributed by atoms with Crippen molar-refractivity contribution in [2.45, 2.75) is 105 Å². The molecule has 0 saturated carbocycles. The second-order valence-electron chi connectivity index (χ2n) is 15.9. The van der Waals surface area contributed by atoms with Crippen LogP contribution in [0.15, 0.2) is 63.6 Å². The van der Waals surface area contributed by atoms with Crippen molar-refractivity contribution in [2.24, 2.45) is 0 Å². The first-order chi connectivity index (χ1) is 18.8. The fourth-order valence-corrected chi connectivity index (χ4v) is 5.67. The molecule has 0 radical (unpaired) electrons. The minimum atomic E-state index is -0.0783. The van der Waals surface area contributed by atoms with Crippen molar-refractivity contribution < 1.29 is 8.83 Å². The van der Waals surface area contributed by atoms with E-state index in [1.165, 1.54) is 22.3 Å². The molecular formula is C38H47NO2. The molecule has 3 heteroatoms. The molecule has 0 atom stereocenters. The number of nitrogen functional groups attached to an aromatic ring is 1. The third-order valence-electron chi connectivity index (χ3n) is 8.32. The van der Waals surface area contributed by atoms with Crippen LogP contribution in [0.1, 0.15) is 105 Å². The van der Waals surface area contributed by atoms with Gasteiger partial charge in [-0.15, -0.1) is 0 Å². The van der Waals surface area contributed by atoms with Gasteiger partial charge in [-0.2, -0.15) is 0 Å². The molecule has 41 heavy (non-hydrogen) atoms. The van der Waals surface area contributed by atoms with E-state index in [-0.39, 0.29) is 21.7 Å². The van der Waals surface area contributed by atoms with Crippen LogP contribution in [0.3, 0.4) is 0 Å². The summed E-state index contributed by atoms with van der Waals surface area (Å²) < 4.78 is 12.6. The van der Waals surface area contributed by atoms with Crippen LogP contribution < -0.4 is 5.73 Å². The summed E-state index contributed by atoms with van der Waals surface area (Å²) >= 11 is 0. The Morgan fingerprint density at radius 1 is 0.537 bits per heavy atom. The summed E-state index contributed by atoms with van der Waals surface area (Å²) in [4.78, 5) is 0. The Balaban J connectivity index is 1.67. The lowest BCUT2D eigenvalue weighted by atomic mass is 9.79. The highest BCUT2D eigenvalue weighted by atomic mass is 16.3. The summed E-state index contributed by atoms with van der Waals surface area (Å²) in [5.74, 6) is 0.461. The van der Waals surface area contributed by atoms with E-state index in [0.717, 1.165) is 44.2 Å². The van der Waals surface area contributed by atoms with Gasteiger partial charge in [-0.25, -0.2) is 0 Å². The average molecular weight is 550 g/mol. The highest BCUT2D eigenvalue weighted by Gasteiger charge is 2.28. The lowest BCUT2D eigenvalue weighted by Crippen LogP contribution is -2.16. The van der Waals surface area contributed by atoms with Crippen molar-refractivity contribution in [3.63, 3.8) is 0 Å². The molecule has 0 aliphatic rings. The molecule has 2 aromatic heterocycles. The van der Waals surface area contributed by atoms with Crippen molar-refractivity contribution in [1.29, 1.82) is 0 Å². The van der Waals surface area contributed by atoms with Crippen LogP contribution in [0, 0.1) is 0 Å². The third kappa shape index (κ3) is 5.20. The van der Waals surface area contributed by atoms with Gasteiger partial charge in [0.2, 0.25) is 0 Å². The Morgan fingerprint density at radius 2 is 1.00 bits per heavy atom. The molecule has 0 fully saturated rings. The summed E-state index contributed by atoms with van der Waals surface area (Å²) in [6, 6.07) is 17.9. The second kappa shape index (κ2) is 9.28. The quantitative estimate of drug-likeness (QED) is 0.238. The number of benzene rings is 3. The molecule has 0 bridgehead atoms. The zero-order valence-electron chi connectivity index (χ0n) is 27.1. The zero-order valence-corrected chi connectivity index (χ0v) is 27.1. The largest absolute Gasteiger partial charge is 0.463 e. The highest BCUT2D eigenvalue weighted by molar-refractivity contribution is 6.02. The van der Waals surface area contributed by atoms with Gasteiger partial charge < -0.3 is 14.6 Å². The predicted octanol–water partition coefficient (Wildman–Crippen LogP) is 11.3. The van der Waals surface area contributed by atoms with Crippen molar-refractivity contribution in [1.82, 2.24) is 0 Å². The van der Waals surface area contributed by atoms with Crippen LogP contribution in [-0.4, -0.2) is 0 Å². The summed E-state index contributed by atoms with van der Waals surface area (Å²) in [5, 5.41) is 2.24. The fourth-order valence-electron chi connectivity index (χ4n) is 5.67. The third-order valence-corrected chi connectivity index (χ3v) is 8.32. The van der Waals surface area contributed by atoms with Gasteiger partial charge in [0.1, 0.15) is 11.2 Å². The second-order valence-corrected chi connectivity index (χ2v) is 15.9. The van der Waals surface area contributed by atoms with E-state index in [9.17, 15) is 0 Å². The number of hydrogen-bond acceptors (Lipinski definition) is 3. The molecule has 5 rings (SSSR count). The number of fused-ring (bicyclic) bond motifs is 2. The number of furan rings is 2. The maximum absolute atomic E-state index is 6.60. The Bertz CT molecular complexity index is 1750. The predicted molar refractivity (Wildman–Crippen MR) is 176 cm³/mol. The molecule has 0 unspecified atom stereocenters. The van der Waals surface area contributed by atoms with Gasteiger partial charge in [-0.05, 0) is 56.0 Å². The molecule has 0 saturated heterocycles. The maximum atomic E-state index is 6.60. The van der Waals surface area contributed by atoms with Crippen LogP contribution in [-0.2, 0) is 21.7 Å². The molecular weight excluding hydrogens is 502 g/mol. The summed E-state index contributed by atoms with van der Waals surface area (Å²) in [6.07, 6.45) is 1.91. The Labute approximate surface area is 246 Å². The Hall–Kier alpha value is -3.46. The van der Waals surface area contributed by atoms with Crippen molar-refractivity contribution in [3.8, 4) is 22.3 Å². The van der Waals surface area contributed by atoms with Crippen LogP contribution in [0.25, 0.3) is 44.2 Å². The minimum absolute atomic E-state index is 0.00149. The molecule has 2 heterocycles. The van der Waals surface area contributed by atoms with Crippen LogP contribution in [0.5, 0.6) is 0 Å². The van der Waals surface area contributed by atoms with Crippen LogP contribution in [0.4, 0.5) is 5.88 Å². The van der Waals surface area contributed by atoms with Gasteiger partial charge in [-0.3, -0.25) is 0 Å². The average Bonchev–Trinajstić information content (AvgIpc) is 3.40. The molecule has 3 aromatic carbocycles. The first-order valence-electron chi connectivity index (χ1n) is 14.8. The lowest BCUT2D eigenvalue weighted by molar-refractivity contribution is 0.550. The van der Waals surface area contributed by atoms with Gasteiger partial charge in [0.15, 0.2) is 5.88 Å². The zero-order chi connectivity index (χ0) is 30.3. The first-order valence-corrected chi connectivity index (χ1v) is 14.8. The number of nitrogens with two attached hydrogens (primary N) is 1. The monoisotopic (exact) mass is 549 g/mol. The van der Waals surface area contributed by atoms with Crippen molar-refractivity contribution in [2.75, 3.05) is 5.73 Å². The lowest BCUT2D eigenvalue weighted by Gasteiger charge is -2.25. The molecule has 2 N–H and O–H groups in total. The molecule has 0 aliphatic heterocycles. The summed E-state index contributed by atoms with van der Waals surface area (Å²) in [6.45, 7) is 27.0. The van der Waals surface area contributed by atoms with E-state index < -0.39 is 0 Å².